The first-order chi connectivity index (χ1) is 13.5. The summed E-state index contributed by atoms with van der Waals surface area (Å²) >= 11 is 0. The number of hydrogen-bond donors (Lipinski definition) is 0. The third-order valence-electron chi connectivity index (χ3n) is 6.18. The van der Waals surface area contributed by atoms with E-state index in [9.17, 15) is 9.59 Å². The number of piperidine rings is 1. The van der Waals surface area contributed by atoms with E-state index in [1.807, 2.05) is 34.1 Å². The Morgan fingerprint density at radius 1 is 0.929 bits per heavy atom. The molecule has 4 nitrogen and oxygen atoms in total. The van der Waals surface area contributed by atoms with Crippen LogP contribution in [0.2, 0.25) is 0 Å². The Labute approximate surface area is 167 Å². The molecule has 4 heteroatoms. The van der Waals surface area contributed by atoms with Crippen molar-refractivity contribution in [2.45, 2.75) is 52.0 Å². The normalized spacial score (nSPS) is 19.9. The van der Waals surface area contributed by atoms with Gasteiger partial charge in [0.15, 0.2) is 0 Å². The van der Waals surface area contributed by atoms with Crippen LogP contribution in [0.1, 0.15) is 65.2 Å². The average molecular weight is 377 g/mol. The van der Waals surface area contributed by atoms with Crippen LogP contribution in [0.3, 0.4) is 0 Å². The molecule has 4 rings (SSSR count). The van der Waals surface area contributed by atoms with Crippen molar-refractivity contribution in [3.8, 4) is 0 Å². The van der Waals surface area contributed by atoms with Crippen LogP contribution in [0.15, 0.2) is 42.5 Å². The second kappa shape index (κ2) is 7.78. The number of carbonyl (C=O) groups excluding carboxylic acids is 2. The number of aryl methyl sites for hydroxylation is 2. The second-order valence-corrected chi connectivity index (χ2v) is 8.05. The van der Waals surface area contributed by atoms with Gasteiger partial charge in [0.1, 0.15) is 0 Å². The molecule has 146 valence electrons. The number of hydrogen-bond acceptors (Lipinski definition) is 2. The average Bonchev–Trinajstić information content (AvgIpc) is 3.20. The molecule has 0 spiro atoms. The molecule has 2 fully saturated rings. The first kappa shape index (κ1) is 18.7. The van der Waals surface area contributed by atoms with Crippen LogP contribution in [-0.2, 0) is 4.79 Å². The number of nitrogens with zero attached hydrogens (tertiary/aromatic N) is 2. The zero-order chi connectivity index (χ0) is 19.7. The summed E-state index contributed by atoms with van der Waals surface area (Å²) in [4.78, 5) is 29.1. The maximum atomic E-state index is 13.2. The second-order valence-electron chi connectivity index (χ2n) is 8.05. The quantitative estimate of drug-likeness (QED) is 0.772. The Balaban J connectivity index is 1.53. The van der Waals surface area contributed by atoms with Gasteiger partial charge < -0.3 is 9.80 Å². The summed E-state index contributed by atoms with van der Waals surface area (Å²) in [5.74, 6) is 0.261. The summed E-state index contributed by atoms with van der Waals surface area (Å²) in [6.07, 6.45) is 4.67. The molecule has 2 amide bonds. The molecule has 0 radical (unpaired) electrons. The van der Waals surface area contributed by atoms with Crippen molar-refractivity contribution in [2.24, 2.45) is 0 Å². The highest BCUT2D eigenvalue weighted by Crippen LogP contribution is 2.34. The molecule has 1 unspecified atom stereocenters. The van der Waals surface area contributed by atoms with Crippen LogP contribution in [0, 0.1) is 13.8 Å². The fourth-order valence-electron chi connectivity index (χ4n) is 4.36. The van der Waals surface area contributed by atoms with Crippen molar-refractivity contribution in [3.05, 3.63) is 64.7 Å². The van der Waals surface area contributed by atoms with Gasteiger partial charge in [-0.2, -0.15) is 0 Å². The van der Waals surface area contributed by atoms with Crippen LogP contribution in [0.5, 0.6) is 0 Å². The SMILES string of the molecule is Cc1ccc(C2CCCN2C(=O)c2ccc(N3CCCCC3=O)cc2)cc1C. The van der Waals surface area contributed by atoms with E-state index >= 15 is 0 Å². The minimum Gasteiger partial charge on any atom is -0.332 e. The standard InChI is InChI=1S/C24H28N2O2/c1-17-8-9-20(16-18(17)2)22-6-5-15-26(22)24(28)19-10-12-21(13-11-19)25-14-4-3-7-23(25)27/h8-13,16,22H,3-7,14-15H2,1-2H3. The van der Waals surface area contributed by atoms with Gasteiger partial charge in [-0.1, -0.05) is 18.2 Å². The van der Waals surface area contributed by atoms with Gasteiger partial charge in [-0.05, 0) is 80.5 Å². The minimum atomic E-state index is 0.0808. The lowest BCUT2D eigenvalue weighted by Gasteiger charge is -2.28. The molecule has 1 atom stereocenters. The first-order valence-electron chi connectivity index (χ1n) is 10.3. The zero-order valence-electron chi connectivity index (χ0n) is 16.8. The van der Waals surface area contributed by atoms with Crippen LogP contribution in [0.4, 0.5) is 5.69 Å². The lowest BCUT2D eigenvalue weighted by atomic mass is 9.99. The van der Waals surface area contributed by atoms with Crippen molar-refractivity contribution in [1.29, 1.82) is 0 Å². The monoisotopic (exact) mass is 376 g/mol. The van der Waals surface area contributed by atoms with Gasteiger partial charge in [-0.15, -0.1) is 0 Å². The van der Waals surface area contributed by atoms with Gasteiger partial charge in [0.25, 0.3) is 5.91 Å². The van der Waals surface area contributed by atoms with Crippen molar-refractivity contribution >= 4 is 17.5 Å². The van der Waals surface area contributed by atoms with Crippen LogP contribution < -0.4 is 4.90 Å². The highest BCUT2D eigenvalue weighted by atomic mass is 16.2. The predicted molar refractivity (Wildman–Crippen MR) is 112 cm³/mol. The molecule has 0 saturated carbocycles. The molecule has 0 bridgehead atoms. The van der Waals surface area contributed by atoms with Gasteiger partial charge >= 0.3 is 0 Å². The maximum Gasteiger partial charge on any atom is 0.254 e. The lowest BCUT2D eigenvalue weighted by molar-refractivity contribution is -0.119. The van der Waals surface area contributed by atoms with Crippen molar-refractivity contribution < 1.29 is 9.59 Å². The third-order valence-corrected chi connectivity index (χ3v) is 6.18. The van der Waals surface area contributed by atoms with Gasteiger partial charge in [-0.25, -0.2) is 0 Å². The number of carbonyl (C=O) groups is 2. The van der Waals surface area contributed by atoms with Crippen LogP contribution in [-0.4, -0.2) is 29.8 Å². The highest BCUT2D eigenvalue weighted by Gasteiger charge is 2.31. The molecule has 28 heavy (non-hydrogen) atoms. The Bertz CT molecular complexity index is 888. The molecule has 2 aliphatic rings. The smallest absolute Gasteiger partial charge is 0.254 e. The third kappa shape index (κ3) is 3.56. The van der Waals surface area contributed by atoms with E-state index in [4.69, 9.17) is 0 Å². The van der Waals surface area contributed by atoms with E-state index in [-0.39, 0.29) is 17.9 Å². The maximum absolute atomic E-state index is 13.2. The summed E-state index contributed by atoms with van der Waals surface area (Å²) in [6, 6.07) is 14.2. The first-order valence-corrected chi connectivity index (χ1v) is 10.3. The summed E-state index contributed by atoms with van der Waals surface area (Å²) in [5.41, 5.74) is 5.37. The summed E-state index contributed by atoms with van der Waals surface area (Å²) < 4.78 is 0. The highest BCUT2D eigenvalue weighted by molar-refractivity contribution is 5.97. The summed E-state index contributed by atoms with van der Waals surface area (Å²) in [5, 5.41) is 0. The van der Waals surface area contributed by atoms with Gasteiger partial charge in [0.05, 0.1) is 6.04 Å². The molecule has 0 aromatic heterocycles. The van der Waals surface area contributed by atoms with E-state index in [1.54, 1.807) is 0 Å². The number of likely N-dealkylation sites (tertiary alicyclic amines) is 1. The fraction of sp³-hybridized carbons (Fsp3) is 0.417. The minimum absolute atomic E-state index is 0.0808. The number of anilines is 1. The molecule has 2 heterocycles. The van der Waals surface area contributed by atoms with E-state index in [0.717, 1.165) is 44.5 Å². The molecule has 2 saturated heterocycles. The summed E-state index contributed by atoms with van der Waals surface area (Å²) in [6.45, 7) is 5.81. The van der Waals surface area contributed by atoms with E-state index < -0.39 is 0 Å². The Hall–Kier alpha value is -2.62. The molecule has 2 aromatic carbocycles. The van der Waals surface area contributed by atoms with Gasteiger partial charge in [0.2, 0.25) is 5.91 Å². The summed E-state index contributed by atoms with van der Waals surface area (Å²) in [7, 11) is 0. The predicted octanol–water partition coefficient (Wildman–Crippen LogP) is 4.80. The number of rotatable bonds is 3. The fourth-order valence-corrected chi connectivity index (χ4v) is 4.36. The van der Waals surface area contributed by atoms with E-state index in [2.05, 4.69) is 32.0 Å². The molecule has 0 aliphatic carbocycles. The molecule has 0 N–H and O–H groups in total. The number of benzene rings is 2. The zero-order valence-corrected chi connectivity index (χ0v) is 16.8. The molecule has 2 aromatic rings. The molecule has 2 aliphatic heterocycles. The van der Waals surface area contributed by atoms with Crippen molar-refractivity contribution in [3.63, 3.8) is 0 Å². The van der Waals surface area contributed by atoms with Gasteiger partial charge in [0, 0.05) is 30.8 Å². The van der Waals surface area contributed by atoms with Gasteiger partial charge in [-0.3, -0.25) is 9.59 Å². The van der Waals surface area contributed by atoms with E-state index in [0.29, 0.717) is 12.0 Å². The van der Waals surface area contributed by atoms with Crippen molar-refractivity contribution in [1.82, 2.24) is 4.90 Å². The molecular weight excluding hydrogens is 348 g/mol. The largest absolute Gasteiger partial charge is 0.332 e. The number of amides is 2. The Morgan fingerprint density at radius 2 is 1.71 bits per heavy atom. The molecular formula is C24H28N2O2. The van der Waals surface area contributed by atoms with Crippen LogP contribution >= 0.6 is 0 Å². The lowest BCUT2D eigenvalue weighted by Crippen LogP contribution is -2.35. The van der Waals surface area contributed by atoms with Crippen molar-refractivity contribution in [2.75, 3.05) is 18.0 Å². The Morgan fingerprint density at radius 3 is 2.43 bits per heavy atom. The van der Waals surface area contributed by atoms with Crippen LogP contribution in [0.25, 0.3) is 0 Å². The van der Waals surface area contributed by atoms with E-state index in [1.165, 1.54) is 16.7 Å². The topological polar surface area (TPSA) is 40.6 Å². The Kier molecular flexibility index (Phi) is 5.21.